The van der Waals surface area contributed by atoms with Crippen LogP contribution in [0.4, 0.5) is 5.69 Å². The fourth-order valence-electron chi connectivity index (χ4n) is 4.08. The Hall–Kier alpha value is -3.57. The normalized spacial score (nSPS) is 17.6. The number of aliphatic hydroxyl groups is 1. The van der Waals surface area contributed by atoms with Gasteiger partial charge in [-0.3, -0.25) is 14.5 Å². The molecular weight excluding hydrogens is 438 g/mol. The molecule has 1 aliphatic heterocycles. The summed E-state index contributed by atoms with van der Waals surface area (Å²) in [4.78, 5) is 27.9. The van der Waals surface area contributed by atoms with E-state index >= 15 is 0 Å². The molecule has 1 heterocycles. The summed E-state index contributed by atoms with van der Waals surface area (Å²) in [5, 5.41) is 11.7. The van der Waals surface area contributed by atoms with E-state index in [1.807, 2.05) is 54.6 Å². The Balaban J connectivity index is 1.94. The van der Waals surface area contributed by atoms with Crippen LogP contribution >= 0.6 is 11.6 Å². The van der Waals surface area contributed by atoms with Crippen molar-refractivity contribution < 1.29 is 19.4 Å². The van der Waals surface area contributed by atoms with E-state index in [1.165, 1.54) is 18.1 Å². The number of nitrogens with zero attached hydrogens (tertiary/aromatic N) is 1. The van der Waals surface area contributed by atoms with Crippen molar-refractivity contribution in [1.82, 2.24) is 0 Å². The number of methoxy groups -OCH3 is 1. The minimum absolute atomic E-state index is 0.0142. The van der Waals surface area contributed by atoms with Crippen LogP contribution in [0, 0.1) is 0 Å². The molecule has 0 bridgehead atoms. The number of Topliss-reactive ketones (excluding diaryl/α,β-unsaturated/α-hetero) is 1. The largest absolute Gasteiger partial charge is 0.507 e. The van der Waals surface area contributed by atoms with Crippen LogP contribution in [0.2, 0.25) is 5.02 Å². The van der Waals surface area contributed by atoms with Gasteiger partial charge < -0.3 is 9.84 Å². The van der Waals surface area contributed by atoms with Crippen molar-refractivity contribution in [3.05, 3.63) is 100 Å². The maximum Gasteiger partial charge on any atom is 0.300 e. The number of amides is 1. The average molecular weight is 462 g/mol. The Morgan fingerprint density at radius 2 is 1.67 bits per heavy atom. The van der Waals surface area contributed by atoms with Gasteiger partial charge in [-0.1, -0.05) is 67.9 Å². The predicted molar refractivity (Wildman–Crippen MR) is 130 cm³/mol. The third-order valence-electron chi connectivity index (χ3n) is 5.81. The first-order chi connectivity index (χ1) is 15.8. The van der Waals surface area contributed by atoms with E-state index in [0.717, 1.165) is 5.56 Å². The lowest BCUT2D eigenvalue weighted by Crippen LogP contribution is -2.29. The van der Waals surface area contributed by atoms with Crippen LogP contribution in [0.5, 0.6) is 5.75 Å². The van der Waals surface area contributed by atoms with E-state index in [2.05, 4.69) is 13.8 Å². The summed E-state index contributed by atoms with van der Waals surface area (Å²) in [7, 11) is 1.46. The molecule has 4 rings (SSSR count). The van der Waals surface area contributed by atoms with Gasteiger partial charge >= 0.3 is 0 Å². The zero-order valence-electron chi connectivity index (χ0n) is 18.6. The minimum Gasteiger partial charge on any atom is -0.507 e. The van der Waals surface area contributed by atoms with Gasteiger partial charge in [0.2, 0.25) is 0 Å². The summed E-state index contributed by atoms with van der Waals surface area (Å²) in [6.45, 7) is 4.17. The van der Waals surface area contributed by atoms with Gasteiger partial charge in [0.15, 0.2) is 0 Å². The lowest BCUT2D eigenvalue weighted by Gasteiger charge is -2.26. The molecule has 0 aliphatic carbocycles. The van der Waals surface area contributed by atoms with E-state index in [0.29, 0.717) is 27.9 Å². The quantitative estimate of drug-likeness (QED) is 0.283. The van der Waals surface area contributed by atoms with Crippen molar-refractivity contribution in [2.45, 2.75) is 25.8 Å². The molecule has 1 unspecified atom stereocenters. The van der Waals surface area contributed by atoms with Crippen molar-refractivity contribution in [3.63, 3.8) is 0 Å². The van der Waals surface area contributed by atoms with Crippen LogP contribution in [0.1, 0.15) is 42.5 Å². The van der Waals surface area contributed by atoms with Gasteiger partial charge in [0.1, 0.15) is 11.5 Å². The van der Waals surface area contributed by atoms with E-state index in [9.17, 15) is 14.7 Å². The Bertz CT molecular complexity index is 1230. The second-order valence-corrected chi connectivity index (χ2v) is 8.61. The molecule has 1 atom stereocenters. The van der Waals surface area contributed by atoms with E-state index in [-0.39, 0.29) is 16.9 Å². The van der Waals surface area contributed by atoms with Crippen LogP contribution < -0.4 is 9.64 Å². The average Bonchev–Trinajstić information content (AvgIpc) is 3.09. The van der Waals surface area contributed by atoms with E-state index in [1.54, 1.807) is 12.1 Å². The molecule has 1 saturated heterocycles. The lowest BCUT2D eigenvalue weighted by atomic mass is 9.94. The Morgan fingerprint density at radius 3 is 2.27 bits per heavy atom. The monoisotopic (exact) mass is 461 g/mol. The third-order valence-corrected chi connectivity index (χ3v) is 6.05. The number of carbonyl (C=O) groups is 2. The number of hydrogen-bond acceptors (Lipinski definition) is 4. The van der Waals surface area contributed by atoms with Gasteiger partial charge in [-0.15, -0.1) is 0 Å². The summed E-state index contributed by atoms with van der Waals surface area (Å²) in [6, 6.07) is 20.7. The topological polar surface area (TPSA) is 66.8 Å². The summed E-state index contributed by atoms with van der Waals surface area (Å²) < 4.78 is 5.37. The highest BCUT2D eigenvalue weighted by Gasteiger charge is 2.47. The number of hydrogen-bond donors (Lipinski definition) is 1. The lowest BCUT2D eigenvalue weighted by molar-refractivity contribution is -0.132. The molecule has 0 spiro atoms. The van der Waals surface area contributed by atoms with Gasteiger partial charge in [0.25, 0.3) is 11.7 Å². The standard InChI is InChI=1S/C27H24ClNO4/c1-16(2)17-9-12-20(13-10-17)29-24(18-7-5-4-6-8-18)23(26(31)27(29)32)25(30)21-15-19(28)11-14-22(21)33-3/h4-16,24,30H,1-3H3/b25-23+. The first kappa shape index (κ1) is 22.6. The Kier molecular flexibility index (Phi) is 6.25. The SMILES string of the molecule is COc1ccc(Cl)cc1/C(O)=C1\C(=O)C(=O)N(c2ccc(C(C)C)cc2)C1c1ccccc1. The summed E-state index contributed by atoms with van der Waals surface area (Å²) in [6.07, 6.45) is 0. The molecule has 0 radical (unpaired) electrons. The van der Waals surface area contributed by atoms with Gasteiger partial charge in [-0.2, -0.15) is 0 Å². The van der Waals surface area contributed by atoms with Crippen molar-refractivity contribution in [2.75, 3.05) is 12.0 Å². The molecule has 1 aliphatic rings. The molecule has 1 N–H and O–H groups in total. The molecule has 0 saturated carbocycles. The van der Waals surface area contributed by atoms with Crippen LogP contribution in [-0.2, 0) is 9.59 Å². The number of rotatable bonds is 5. The highest BCUT2D eigenvalue weighted by Crippen LogP contribution is 2.43. The van der Waals surface area contributed by atoms with Crippen LogP contribution in [0.25, 0.3) is 5.76 Å². The smallest absolute Gasteiger partial charge is 0.300 e. The third kappa shape index (κ3) is 4.12. The second kappa shape index (κ2) is 9.12. The zero-order valence-corrected chi connectivity index (χ0v) is 19.3. The number of halogens is 1. The van der Waals surface area contributed by atoms with Crippen LogP contribution in [0.3, 0.4) is 0 Å². The van der Waals surface area contributed by atoms with Crippen LogP contribution in [0.15, 0.2) is 78.4 Å². The number of benzene rings is 3. The fourth-order valence-corrected chi connectivity index (χ4v) is 4.25. The van der Waals surface area contributed by atoms with Crippen molar-refractivity contribution >= 4 is 34.7 Å². The number of aliphatic hydroxyl groups excluding tert-OH is 1. The Morgan fingerprint density at radius 1 is 1.00 bits per heavy atom. The molecule has 1 fully saturated rings. The molecule has 6 heteroatoms. The number of anilines is 1. The molecule has 5 nitrogen and oxygen atoms in total. The molecule has 3 aromatic carbocycles. The summed E-state index contributed by atoms with van der Waals surface area (Å²) >= 11 is 6.16. The minimum atomic E-state index is -0.806. The molecule has 168 valence electrons. The summed E-state index contributed by atoms with van der Waals surface area (Å²) in [5.41, 5.74) is 2.63. The van der Waals surface area contributed by atoms with Crippen molar-refractivity contribution in [1.29, 1.82) is 0 Å². The first-order valence-electron chi connectivity index (χ1n) is 10.6. The molecular formula is C27H24ClNO4. The van der Waals surface area contributed by atoms with Gasteiger partial charge in [-0.05, 0) is 47.4 Å². The molecule has 33 heavy (non-hydrogen) atoms. The maximum atomic E-state index is 13.3. The summed E-state index contributed by atoms with van der Waals surface area (Å²) in [5.74, 6) is -1.13. The van der Waals surface area contributed by atoms with Gasteiger partial charge in [0, 0.05) is 10.7 Å². The number of carbonyl (C=O) groups excluding carboxylic acids is 2. The van der Waals surface area contributed by atoms with Crippen LogP contribution in [-0.4, -0.2) is 23.9 Å². The highest BCUT2D eigenvalue weighted by molar-refractivity contribution is 6.51. The molecule has 0 aromatic heterocycles. The predicted octanol–water partition coefficient (Wildman–Crippen LogP) is 6.10. The number of ketones is 1. The second-order valence-electron chi connectivity index (χ2n) is 8.17. The van der Waals surface area contributed by atoms with Gasteiger partial charge in [-0.25, -0.2) is 0 Å². The van der Waals surface area contributed by atoms with Gasteiger partial charge in [0.05, 0.1) is 24.3 Å². The fraction of sp³-hybridized carbons (Fsp3) is 0.185. The zero-order chi connectivity index (χ0) is 23.7. The van der Waals surface area contributed by atoms with E-state index in [4.69, 9.17) is 16.3 Å². The van der Waals surface area contributed by atoms with E-state index < -0.39 is 17.7 Å². The molecule has 3 aromatic rings. The maximum absolute atomic E-state index is 13.3. The Labute approximate surface area is 197 Å². The van der Waals surface area contributed by atoms with Crippen molar-refractivity contribution in [3.8, 4) is 5.75 Å². The number of ether oxygens (including phenoxy) is 1. The molecule has 1 amide bonds. The first-order valence-corrected chi connectivity index (χ1v) is 11.0. The van der Waals surface area contributed by atoms with Crippen molar-refractivity contribution in [2.24, 2.45) is 0 Å². The highest BCUT2D eigenvalue weighted by atomic mass is 35.5.